The summed E-state index contributed by atoms with van der Waals surface area (Å²) in [6.07, 6.45) is 0.334. The first kappa shape index (κ1) is 15.0. The van der Waals surface area contributed by atoms with Gasteiger partial charge in [0.2, 0.25) is 5.91 Å². The van der Waals surface area contributed by atoms with E-state index in [0.29, 0.717) is 18.0 Å². The van der Waals surface area contributed by atoms with Crippen molar-refractivity contribution in [1.29, 1.82) is 0 Å². The molecule has 1 aromatic heterocycles. The van der Waals surface area contributed by atoms with Crippen molar-refractivity contribution in [2.45, 2.75) is 19.4 Å². The maximum atomic E-state index is 12.2. The van der Waals surface area contributed by atoms with Crippen molar-refractivity contribution >= 4 is 23.2 Å². The van der Waals surface area contributed by atoms with Crippen LogP contribution in [0, 0.1) is 5.92 Å². The van der Waals surface area contributed by atoms with Crippen LogP contribution >= 0.6 is 11.3 Å². The van der Waals surface area contributed by atoms with Gasteiger partial charge in [0.1, 0.15) is 0 Å². The van der Waals surface area contributed by atoms with Gasteiger partial charge in [-0.2, -0.15) is 0 Å². The van der Waals surface area contributed by atoms with E-state index in [1.807, 2.05) is 18.4 Å². The monoisotopic (exact) mass is 296 g/mol. The summed E-state index contributed by atoms with van der Waals surface area (Å²) in [6.45, 7) is 3.05. The summed E-state index contributed by atoms with van der Waals surface area (Å²) < 4.78 is 0. The maximum Gasteiger partial charge on any atom is 0.264 e. The molecule has 1 saturated heterocycles. The number of likely N-dealkylation sites (tertiary alicyclic amines) is 1. The number of carbonyl (C=O) groups is 2. The van der Waals surface area contributed by atoms with Crippen LogP contribution < -0.4 is 0 Å². The first-order valence-electron chi connectivity index (χ1n) is 6.74. The Morgan fingerprint density at radius 1 is 1.55 bits per heavy atom. The standard InChI is InChI=1S/C14H20N2O3S/c1-10-5-6-16(8-11(10)17)13(18)9-15(2)14(19)12-4-3-7-20-12/h3-4,7,10-11,17H,5-6,8-9H2,1-2H3. The van der Waals surface area contributed by atoms with E-state index < -0.39 is 6.10 Å². The van der Waals surface area contributed by atoms with Crippen LogP contribution in [-0.4, -0.2) is 59.5 Å². The molecule has 0 bridgehead atoms. The SMILES string of the molecule is CC1CCN(C(=O)CN(C)C(=O)c2cccs2)CC1O. The van der Waals surface area contributed by atoms with Crippen molar-refractivity contribution in [2.75, 3.05) is 26.7 Å². The predicted octanol–water partition coefficient (Wildman–Crippen LogP) is 1.05. The van der Waals surface area contributed by atoms with Crippen molar-refractivity contribution in [3.63, 3.8) is 0 Å². The highest BCUT2D eigenvalue weighted by Gasteiger charge is 2.28. The Hall–Kier alpha value is -1.40. The number of piperidine rings is 1. The summed E-state index contributed by atoms with van der Waals surface area (Å²) in [5, 5.41) is 11.7. The minimum absolute atomic E-state index is 0.0534. The average molecular weight is 296 g/mol. The average Bonchev–Trinajstić information content (AvgIpc) is 2.94. The van der Waals surface area contributed by atoms with Crippen LogP contribution in [0.5, 0.6) is 0 Å². The van der Waals surface area contributed by atoms with Gasteiger partial charge in [-0.25, -0.2) is 0 Å². The van der Waals surface area contributed by atoms with Crippen molar-refractivity contribution in [3.05, 3.63) is 22.4 Å². The fourth-order valence-electron chi connectivity index (χ4n) is 2.24. The molecule has 0 radical (unpaired) electrons. The minimum Gasteiger partial charge on any atom is -0.391 e. The van der Waals surface area contributed by atoms with E-state index >= 15 is 0 Å². The Bertz CT molecular complexity index is 475. The third-order valence-corrected chi connectivity index (χ3v) is 4.58. The fraction of sp³-hybridized carbons (Fsp3) is 0.571. The first-order chi connectivity index (χ1) is 9.49. The molecule has 1 aromatic rings. The molecular weight excluding hydrogens is 276 g/mol. The zero-order valence-electron chi connectivity index (χ0n) is 11.8. The summed E-state index contributed by atoms with van der Waals surface area (Å²) in [6, 6.07) is 3.57. The number of hydrogen-bond acceptors (Lipinski definition) is 4. The number of amides is 2. The molecule has 2 unspecified atom stereocenters. The maximum absolute atomic E-state index is 12.2. The van der Waals surface area contributed by atoms with Gasteiger partial charge >= 0.3 is 0 Å². The molecule has 1 fully saturated rings. The number of nitrogens with zero attached hydrogens (tertiary/aromatic N) is 2. The number of β-amino-alcohol motifs (C(OH)–C–C–N with tert-alkyl or cyclic N) is 1. The Labute approximate surface area is 122 Å². The molecule has 110 valence electrons. The van der Waals surface area contributed by atoms with Gasteiger partial charge in [-0.3, -0.25) is 9.59 Å². The second-order valence-electron chi connectivity index (χ2n) is 5.31. The number of carbonyl (C=O) groups excluding carboxylic acids is 2. The minimum atomic E-state index is -0.467. The van der Waals surface area contributed by atoms with Gasteiger partial charge in [-0.15, -0.1) is 11.3 Å². The Kier molecular flexibility index (Phi) is 4.77. The van der Waals surface area contributed by atoms with Gasteiger partial charge in [-0.1, -0.05) is 13.0 Å². The predicted molar refractivity (Wildman–Crippen MR) is 77.6 cm³/mol. The first-order valence-corrected chi connectivity index (χ1v) is 7.62. The van der Waals surface area contributed by atoms with Crippen LogP contribution in [0.1, 0.15) is 23.0 Å². The highest BCUT2D eigenvalue weighted by molar-refractivity contribution is 7.12. The molecule has 1 aliphatic rings. The lowest BCUT2D eigenvalue weighted by Crippen LogP contribution is -2.49. The summed E-state index contributed by atoms with van der Waals surface area (Å²) in [5.41, 5.74) is 0. The smallest absolute Gasteiger partial charge is 0.264 e. The molecule has 2 amide bonds. The van der Waals surface area contributed by atoms with E-state index in [4.69, 9.17) is 0 Å². The van der Waals surface area contributed by atoms with Gasteiger partial charge in [0.15, 0.2) is 0 Å². The normalized spacial score (nSPS) is 22.6. The van der Waals surface area contributed by atoms with E-state index in [-0.39, 0.29) is 24.3 Å². The molecule has 20 heavy (non-hydrogen) atoms. The lowest BCUT2D eigenvalue weighted by Gasteiger charge is -2.35. The third kappa shape index (κ3) is 3.37. The summed E-state index contributed by atoms with van der Waals surface area (Å²) in [5.74, 6) is -0.0211. The quantitative estimate of drug-likeness (QED) is 0.907. The van der Waals surface area contributed by atoms with E-state index in [9.17, 15) is 14.7 Å². The summed E-state index contributed by atoms with van der Waals surface area (Å²) in [4.78, 5) is 27.9. The summed E-state index contributed by atoms with van der Waals surface area (Å²) >= 11 is 1.37. The van der Waals surface area contributed by atoms with E-state index in [1.54, 1.807) is 18.0 Å². The zero-order chi connectivity index (χ0) is 14.7. The van der Waals surface area contributed by atoms with E-state index in [0.717, 1.165) is 6.42 Å². The second-order valence-corrected chi connectivity index (χ2v) is 6.26. The molecule has 2 atom stereocenters. The van der Waals surface area contributed by atoms with Crippen molar-refractivity contribution in [2.24, 2.45) is 5.92 Å². The van der Waals surface area contributed by atoms with Crippen molar-refractivity contribution in [1.82, 2.24) is 9.80 Å². The lowest BCUT2D eigenvalue weighted by molar-refractivity contribution is -0.135. The van der Waals surface area contributed by atoms with Gasteiger partial charge in [-0.05, 0) is 23.8 Å². The Balaban J connectivity index is 1.89. The molecule has 2 heterocycles. The van der Waals surface area contributed by atoms with Crippen molar-refractivity contribution in [3.8, 4) is 0 Å². The number of likely N-dealkylation sites (N-methyl/N-ethyl adjacent to an activating group) is 1. The molecule has 1 N–H and O–H groups in total. The molecule has 0 aromatic carbocycles. The van der Waals surface area contributed by atoms with Crippen molar-refractivity contribution < 1.29 is 14.7 Å². The molecule has 5 nitrogen and oxygen atoms in total. The van der Waals surface area contributed by atoms with Crippen LogP contribution in [-0.2, 0) is 4.79 Å². The number of thiophene rings is 1. The van der Waals surface area contributed by atoms with Gasteiger partial charge in [0.05, 0.1) is 17.5 Å². The van der Waals surface area contributed by atoms with Crippen LogP contribution in [0.15, 0.2) is 17.5 Å². The van der Waals surface area contributed by atoms with Crippen LogP contribution in [0.4, 0.5) is 0 Å². The summed E-state index contributed by atoms with van der Waals surface area (Å²) in [7, 11) is 1.63. The molecule has 0 saturated carbocycles. The third-order valence-electron chi connectivity index (χ3n) is 3.72. The van der Waals surface area contributed by atoms with E-state index in [2.05, 4.69) is 0 Å². The Morgan fingerprint density at radius 2 is 2.30 bits per heavy atom. The molecule has 1 aliphatic heterocycles. The second kappa shape index (κ2) is 6.37. The van der Waals surface area contributed by atoms with E-state index in [1.165, 1.54) is 16.2 Å². The molecular formula is C14H20N2O3S. The fourth-order valence-corrected chi connectivity index (χ4v) is 2.96. The Morgan fingerprint density at radius 3 is 2.90 bits per heavy atom. The van der Waals surface area contributed by atoms with Crippen LogP contribution in [0.3, 0.4) is 0 Å². The number of hydrogen-bond donors (Lipinski definition) is 1. The highest BCUT2D eigenvalue weighted by atomic mass is 32.1. The number of aliphatic hydroxyl groups excluding tert-OH is 1. The largest absolute Gasteiger partial charge is 0.391 e. The molecule has 0 aliphatic carbocycles. The van der Waals surface area contributed by atoms with Gasteiger partial charge in [0.25, 0.3) is 5.91 Å². The van der Waals surface area contributed by atoms with Crippen LogP contribution in [0.25, 0.3) is 0 Å². The van der Waals surface area contributed by atoms with Gasteiger partial charge < -0.3 is 14.9 Å². The van der Waals surface area contributed by atoms with Gasteiger partial charge in [0, 0.05) is 20.1 Å². The molecule has 6 heteroatoms. The zero-order valence-corrected chi connectivity index (χ0v) is 12.6. The van der Waals surface area contributed by atoms with Crippen LogP contribution in [0.2, 0.25) is 0 Å². The molecule has 0 spiro atoms. The number of rotatable bonds is 3. The molecule has 2 rings (SSSR count). The number of aliphatic hydroxyl groups is 1. The highest BCUT2D eigenvalue weighted by Crippen LogP contribution is 2.17. The lowest BCUT2D eigenvalue weighted by atomic mass is 9.96. The topological polar surface area (TPSA) is 60.9 Å².